The van der Waals surface area contributed by atoms with Gasteiger partial charge >= 0.3 is 32.8 Å². The molecule has 1 rings (SSSR count). The van der Waals surface area contributed by atoms with Crippen molar-refractivity contribution in [3.05, 3.63) is 24.5 Å². The van der Waals surface area contributed by atoms with Gasteiger partial charge in [0.2, 0.25) is 0 Å². The molecule has 0 radical (unpaired) electrons. The molecule has 0 saturated heterocycles. The van der Waals surface area contributed by atoms with Crippen LogP contribution in [0.15, 0.2) is 24.5 Å². The molecule has 0 aromatic carbocycles. The molecule has 0 unspecified atom stereocenters. The molecule has 0 fully saturated rings. The number of carboxylic acid groups (broad SMARTS) is 1. The Hall–Kier alpha value is -0.957. The molecule has 0 aliphatic rings. The van der Waals surface area contributed by atoms with Crippen LogP contribution < -0.4 is 0 Å². The molecular formula is C6H6NO3Zn. The van der Waals surface area contributed by atoms with Crippen LogP contribution in [0.3, 0.4) is 0 Å². The molecule has 1 heterocycles. The number of aromatic nitrogens is 1. The molecule has 4 nitrogen and oxygen atoms in total. The second-order valence-corrected chi connectivity index (χ2v) is 2.87. The topological polar surface area (TPSA) is 70.4 Å². The first kappa shape index (κ1) is 10.0. The van der Waals surface area contributed by atoms with Crippen LogP contribution >= 0.6 is 0 Å². The normalized spacial score (nSPS) is 7.82. The van der Waals surface area contributed by atoms with E-state index < -0.39 is 4.56 Å². The number of hydrogen-bond acceptors (Lipinski definition) is 3. The number of nitrogens with zero attached hydrogens (tertiary/aromatic N) is 1. The quantitative estimate of drug-likeness (QED) is 0.620. The second-order valence-electron chi connectivity index (χ2n) is 1.60. The fraction of sp³-hybridized carbons (Fsp3) is 0. The van der Waals surface area contributed by atoms with Crippen molar-refractivity contribution in [3.8, 4) is 5.75 Å². The summed E-state index contributed by atoms with van der Waals surface area (Å²) in [5.74, 6) is 0.259. The molecule has 1 aromatic heterocycles. The minimum atomic E-state index is -0.708. The predicted molar refractivity (Wildman–Crippen MR) is 33.9 cm³/mol. The Morgan fingerprint density at radius 1 is 1.45 bits per heavy atom. The monoisotopic (exact) mass is 204 g/mol. The molecule has 0 atom stereocenters. The number of pyridine rings is 1. The third-order valence-corrected chi connectivity index (χ3v) is 0.663. The van der Waals surface area contributed by atoms with Crippen molar-refractivity contribution < 1.29 is 33.3 Å². The van der Waals surface area contributed by atoms with Gasteiger partial charge in [0.1, 0.15) is 5.75 Å². The standard InChI is InChI=1S/C5H5NO.CHO2.Zn/c7-5-1-3-6-4-2-5;2-1-3;/h1-4H,(H,6,7);(H,2,3);. The van der Waals surface area contributed by atoms with Crippen LogP contribution in [-0.2, 0) is 18.3 Å². The molecule has 0 spiro atoms. The number of rotatable bonds is 0. The van der Waals surface area contributed by atoms with Crippen LogP contribution in [0.5, 0.6) is 5.75 Å². The second kappa shape index (κ2) is 5.80. The Bertz CT molecular complexity index is 210. The van der Waals surface area contributed by atoms with E-state index in [1.807, 2.05) is 0 Å². The zero-order valence-corrected chi connectivity index (χ0v) is 8.73. The first-order valence-corrected chi connectivity index (χ1v) is 4.25. The van der Waals surface area contributed by atoms with Crippen LogP contribution in [0.25, 0.3) is 0 Å². The smallest absolute Gasteiger partial charge is 0.118 e. The zero-order chi connectivity index (χ0) is 8.69. The van der Waals surface area contributed by atoms with E-state index in [-0.39, 0.29) is 5.75 Å². The van der Waals surface area contributed by atoms with Gasteiger partial charge in [0.15, 0.2) is 0 Å². The molecule has 55 valence electrons. The summed E-state index contributed by atoms with van der Waals surface area (Å²) in [5.41, 5.74) is 0. The third-order valence-electron chi connectivity index (χ3n) is 0.663. The van der Waals surface area contributed by atoms with Gasteiger partial charge in [0.25, 0.3) is 0 Å². The van der Waals surface area contributed by atoms with Crippen LogP contribution in [0.4, 0.5) is 4.79 Å². The van der Waals surface area contributed by atoms with Gasteiger partial charge in [-0.3, -0.25) is 4.98 Å². The SMILES string of the molecule is O=[C](O)[Zn].Oc1ccncc1. The Morgan fingerprint density at radius 2 is 1.82 bits per heavy atom. The maximum absolute atomic E-state index is 9.06. The van der Waals surface area contributed by atoms with Crippen LogP contribution in [-0.4, -0.2) is 19.8 Å². The van der Waals surface area contributed by atoms with E-state index in [4.69, 9.17) is 15.0 Å². The molecule has 0 saturated carbocycles. The summed E-state index contributed by atoms with van der Waals surface area (Å²) < 4.78 is -0.708. The van der Waals surface area contributed by atoms with Gasteiger partial charge in [-0.1, -0.05) is 0 Å². The fourth-order valence-corrected chi connectivity index (χ4v) is 0.344. The molecule has 2 N–H and O–H groups in total. The average molecular weight is 206 g/mol. The minimum absolute atomic E-state index is 0.259. The summed E-state index contributed by atoms with van der Waals surface area (Å²) in [7, 11) is 0. The predicted octanol–water partition coefficient (Wildman–Crippen LogP) is 0.998. The van der Waals surface area contributed by atoms with Crippen LogP contribution in [0, 0.1) is 0 Å². The van der Waals surface area contributed by atoms with E-state index >= 15 is 0 Å². The third kappa shape index (κ3) is 9.04. The summed E-state index contributed by atoms with van der Waals surface area (Å²) in [6.45, 7) is 0. The minimum Gasteiger partial charge on any atom is -0.508 e. The molecule has 0 amide bonds. The van der Waals surface area contributed by atoms with Crippen LogP contribution in [0.1, 0.15) is 0 Å². The summed E-state index contributed by atoms with van der Waals surface area (Å²) in [6, 6.07) is 3.06. The van der Waals surface area contributed by atoms with E-state index in [1.165, 1.54) is 24.5 Å². The van der Waals surface area contributed by atoms with Crippen molar-refractivity contribution in [1.82, 2.24) is 4.98 Å². The van der Waals surface area contributed by atoms with Crippen molar-refractivity contribution >= 4 is 4.56 Å². The van der Waals surface area contributed by atoms with Crippen molar-refractivity contribution in [2.75, 3.05) is 0 Å². The van der Waals surface area contributed by atoms with Gasteiger partial charge in [-0.15, -0.1) is 0 Å². The van der Waals surface area contributed by atoms with E-state index in [9.17, 15) is 0 Å². The van der Waals surface area contributed by atoms with Gasteiger partial charge in [0, 0.05) is 12.4 Å². The molecule has 0 bridgehead atoms. The van der Waals surface area contributed by atoms with Gasteiger partial charge in [-0.05, 0) is 12.1 Å². The van der Waals surface area contributed by atoms with Gasteiger partial charge in [-0.25, -0.2) is 0 Å². The average Bonchev–Trinajstić information content (AvgIpc) is 1.87. The van der Waals surface area contributed by atoms with Crippen molar-refractivity contribution in [2.45, 2.75) is 0 Å². The molecule has 5 heteroatoms. The molecule has 0 aliphatic heterocycles. The maximum Gasteiger partial charge on any atom is 0.118 e. The zero-order valence-electron chi connectivity index (χ0n) is 5.77. The van der Waals surface area contributed by atoms with Gasteiger partial charge < -0.3 is 5.11 Å². The van der Waals surface area contributed by atoms with Gasteiger partial charge in [0.05, 0.1) is 0 Å². The Kier molecular flexibility index (Phi) is 5.30. The molecular weight excluding hydrogens is 199 g/mol. The number of carbonyl (C=O) groups is 1. The first-order chi connectivity index (χ1) is 5.13. The van der Waals surface area contributed by atoms with E-state index in [2.05, 4.69) is 4.98 Å². The summed E-state index contributed by atoms with van der Waals surface area (Å²) in [4.78, 5) is 12.7. The molecule has 11 heavy (non-hydrogen) atoms. The maximum atomic E-state index is 9.06. The molecule has 0 aliphatic carbocycles. The Balaban J connectivity index is 0.000000218. The van der Waals surface area contributed by atoms with Crippen LogP contribution in [0.2, 0.25) is 0 Å². The number of aromatic hydroxyl groups is 1. The molecule has 1 aromatic rings. The summed E-state index contributed by atoms with van der Waals surface area (Å²) in [6.07, 6.45) is 3.07. The number of hydrogen-bond donors (Lipinski definition) is 2. The van der Waals surface area contributed by atoms with E-state index in [1.54, 1.807) is 0 Å². The summed E-state index contributed by atoms with van der Waals surface area (Å²) in [5, 5.41) is 16.1. The Labute approximate surface area is 73.6 Å². The van der Waals surface area contributed by atoms with E-state index in [0.29, 0.717) is 18.3 Å². The van der Waals surface area contributed by atoms with Crippen molar-refractivity contribution in [1.29, 1.82) is 0 Å². The summed E-state index contributed by atoms with van der Waals surface area (Å²) >= 11 is 0.347. The van der Waals surface area contributed by atoms with Crippen molar-refractivity contribution in [3.63, 3.8) is 0 Å². The van der Waals surface area contributed by atoms with Gasteiger partial charge in [-0.2, -0.15) is 0 Å². The Morgan fingerprint density at radius 3 is 2.00 bits per heavy atom. The van der Waals surface area contributed by atoms with E-state index in [0.717, 1.165) is 0 Å². The largest absolute Gasteiger partial charge is 0.508 e. The van der Waals surface area contributed by atoms with Crippen molar-refractivity contribution in [2.24, 2.45) is 0 Å². The fourth-order valence-electron chi connectivity index (χ4n) is 0.344. The first-order valence-electron chi connectivity index (χ1n) is 2.77.